The number of ether oxygens (including phenoxy) is 1. The highest BCUT2D eigenvalue weighted by atomic mass is 32.2. The summed E-state index contributed by atoms with van der Waals surface area (Å²) in [5.74, 6) is 2.19. The highest BCUT2D eigenvalue weighted by Crippen LogP contribution is 2.44. The summed E-state index contributed by atoms with van der Waals surface area (Å²) in [4.78, 5) is 14.1. The van der Waals surface area contributed by atoms with Crippen molar-refractivity contribution >= 4 is 34.0 Å². The van der Waals surface area contributed by atoms with E-state index in [1.807, 2.05) is 35.9 Å². The number of fused-ring (bicyclic) bond motifs is 1. The van der Waals surface area contributed by atoms with Crippen LogP contribution in [0.25, 0.3) is 11.4 Å². The van der Waals surface area contributed by atoms with E-state index in [1.54, 1.807) is 11.3 Å². The van der Waals surface area contributed by atoms with Crippen molar-refractivity contribution in [3.63, 3.8) is 0 Å². The second-order valence-corrected chi connectivity index (χ2v) is 12.6. The minimum Gasteiger partial charge on any atom is -0.494 e. The van der Waals surface area contributed by atoms with Gasteiger partial charge in [-0.15, -0.1) is 21.5 Å². The van der Waals surface area contributed by atoms with Gasteiger partial charge in [-0.05, 0) is 66.8 Å². The number of amides is 1. The van der Waals surface area contributed by atoms with E-state index in [1.165, 1.54) is 16.6 Å². The minimum absolute atomic E-state index is 0.148. The molecular weight excluding hydrogens is 502 g/mol. The number of rotatable bonds is 9. The molecule has 37 heavy (non-hydrogen) atoms. The SMILES string of the molecule is CCCCOc1ccc(-c2nnc(SCC(=O)Nc3sc4c(c3C#N)CCC(C(C)(C)C)C4)n2C)cc1. The molecule has 2 heterocycles. The number of anilines is 1. The predicted octanol–water partition coefficient (Wildman–Crippen LogP) is 6.48. The van der Waals surface area contributed by atoms with Gasteiger partial charge in [0.25, 0.3) is 0 Å². The largest absolute Gasteiger partial charge is 0.494 e. The van der Waals surface area contributed by atoms with Crippen LogP contribution in [-0.4, -0.2) is 33.0 Å². The Bertz CT molecular complexity index is 1280. The lowest BCUT2D eigenvalue weighted by atomic mass is 9.72. The molecule has 1 aromatic carbocycles. The number of thioether (sulfide) groups is 1. The van der Waals surface area contributed by atoms with Crippen molar-refractivity contribution in [1.82, 2.24) is 14.8 Å². The Labute approximate surface area is 227 Å². The fourth-order valence-corrected chi connectivity index (χ4v) is 6.56. The molecule has 4 rings (SSSR count). The van der Waals surface area contributed by atoms with Gasteiger partial charge in [0.05, 0.1) is 17.9 Å². The summed E-state index contributed by atoms with van der Waals surface area (Å²) in [5.41, 5.74) is 2.92. The molecule has 9 heteroatoms. The number of unbranched alkanes of at least 4 members (excludes halogenated alkanes) is 1. The van der Waals surface area contributed by atoms with E-state index in [0.29, 0.717) is 28.2 Å². The van der Waals surface area contributed by atoms with Crippen LogP contribution in [0, 0.1) is 22.7 Å². The van der Waals surface area contributed by atoms with Crippen LogP contribution < -0.4 is 10.1 Å². The van der Waals surface area contributed by atoms with Gasteiger partial charge < -0.3 is 14.6 Å². The van der Waals surface area contributed by atoms with Crippen molar-refractivity contribution in [3.8, 4) is 23.2 Å². The highest BCUT2D eigenvalue weighted by Gasteiger charge is 2.32. The summed E-state index contributed by atoms with van der Waals surface area (Å²) in [6, 6.07) is 10.2. The maximum absolute atomic E-state index is 12.8. The summed E-state index contributed by atoms with van der Waals surface area (Å²) in [6.07, 6.45) is 5.07. The van der Waals surface area contributed by atoms with Crippen LogP contribution in [-0.2, 0) is 24.7 Å². The highest BCUT2D eigenvalue weighted by molar-refractivity contribution is 7.99. The molecule has 1 N–H and O–H groups in total. The second kappa shape index (κ2) is 11.7. The Morgan fingerprint density at radius 2 is 2.05 bits per heavy atom. The predicted molar refractivity (Wildman–Crippen MR) is 150 cm³/mol. The molecular formula is C28H35N5O2S2. The molecule has 7 nitrogen and oxygen atoms in total. The van der Waals surface area contributed by atoms with Crippen LogP contribution in [0.4, 0.5) is 5.00 Å². The van der Waals surface area contributed by atoms with E-state index < -0.39 is 0 Å². The number of carbonyl (C=O) groups is 1. The first-order valence-electron chi connectivity index (χ1n) is 12.8. The van der Waals surface area contributed by atoms with Gasteiger partial charge in [0.1, 0.15) is 16.8 Å². The lowest BCUT2D eigenvalue weighted by molar-refractivity contribution is -0.113. The fourth-order valence-electron chi connectivity index (χ4n) is 4.55. The lowest BCUT2D eigenvalue weighted by Crippen LogP contribution is -2.26. The number of thiophene rings is 1. The fraction of sp³-hybridized carbons (Fsp3) is 0.500. The van der Waals surface area contributed by atoms with E-state index in [0.717, 1.165) is 54.8 Å². The maximum atomic E-state index is 12.8. The molecule has 3 aromatic rings. The van der Waals surface area contributed by atoms with Crippen LogP contribution in [0.15, 0.2) is 29.4 Å². The average Bonchev–Trinajstić information content (AvgIpc) is 3.41. The van der Waals surface area contributed by atoms with Gasteiger partial charge in [0.15, 0.2) is 11.0 Å². The molecule has 1 amide bonds. The first-order valence-corrected chi connectivity index (χ1v) is 14.6. The van der Waals surface area contributed by atoms with Crippen LogP contribution >= 0.6 is 23.1 Å². The summed E-state index contributed by atoms with van der Waals surface area (Å²) in [7, 11) is 1.90. The molecule has 0 bridgehead atoms. The first-order chi connectivity index (χ1) is 17.7. The van der Waals surface area contributed by atoms with E-state index in [-0.39, 0.29) is 17.1 Å². The summed E-state index contributed by atoms with van der Waals surface area (Å²) >= 11 is 2.89. The number of nitrogens with one attached hydrogen (secondary N) is 1. The van der Waals surface area contributed by atoms with E-state index in [2.05, 4.69) is 49.3 Å². The molecule has 1 aliphatic rings. The Balaban J connectivity index is 1.37. The second-order valence-electron chi connectivity index (χ2n) is 10.6. The third kappa shape index (κ3) is 6.36. The Morgan fingerprint density at radius 3 is 2.73 bits per heavy atom. The molecule has 0 saturated heterocycles. The zero-order valence-corrected chi connectivity index (χ0v) is 23.9. The summed E-state index contributed by atoms with van der Waals surface area (Å²) in [5, 5.41) is 22.7. The molecule has 2 aromatic heterocycles. The Morgan fingerprint density at radius 1 is 1.30 bits per heavy atom. The zero-order valence-electron chi connectivity index (χ0n) is 22.3. The quantitative estimate of drug-likeness (QED) is 0.248. The lowest BCUT2D eigenvalue weighted by Gasteiger charge is -2.33. The van der Waals surface area contributed by atoms with Gasteiger partial charge in [0, 0.05) is 17.5 Å². The number of hydrogen-bond donors (Lipinski definition) is 1. The smallest absolute Gasteiger partial charge is 0.235 e. The van der Waals surface area contributed by atoms with Gasteiger partial charge in [-0.1, -0.05) is 45.9 Å². The van der Waals surface area contributed by atoms with E-state index >= 15 is 0 Å². The molecule has 1 aliphatic carbocycles. The monoisotopic (exact) mass is 537 g/mol. The summed E-state index contributed by atoms with van der Waals surface area (Å²) in [6.45, 7) is 9.68. The molecule has 0 spiro atoms. The van der Waals surface area contributed by atoms with Crippen LogP contribution in [0.3, 0.4) is 0 Å². The van der Waals surface area contributed by atoms with Gasteiger partial charge >= 0.3 is 0 Å². The standard InChI is InChI=1S/C28H35N5O2S2/c1-6-7-14-35-20-11-8-18(9-12-20)25-31-32-27(33(25)5)36-17-24(34)30-26-22(16-29)21-13-10-19(28(2,3)4)15-23(21)37-26/h8-9,11-12,19H,6-7,10,13-15,17H2,1-5H3,(H,30,34). The van der Waals surface area contributed by atoms with Crippen LogP contribution in [0.2, 0.25) is 0 Å². The number of nitriles is 1. The zero-order chi connectivity index (χ0) is 26.6. The number of aromatic nitrogens is 3. The number of benzene rings is 1. The van der Waals surface area contributed by atoms with Gasteiger partial charge in [-0.25, -0.2) is 0 Å². The van der Waals surface area contributed by atoms with Crippen molar-refractivity contribution in [2.24, 2.45) is 18.4 Å². The molecule has 0 radical (unpaired) electrons. The van der Waals surface area contributed by atoms with Crippen molar-refractivity contribution in [3.05, 3.63) is 40.3 Å². The van der Waals surface area contributed by atoms with Crippen LogP contribution in [0.5, 0.6) is 5.75 Å². The number of nitrogens with zero attached hydrogens (tertiary/aromatic N) is 4. The van der Waals surface area contributed by atoms with Crippen LogP contribution in [0.1, 0.15) is 63.0 Å². The topological polar surface area (TPSA) is 92.8 Å². The number of carbonyl (C=O) groups excluding carboxylic acids is 1. The van der Waals surface area contributed by atoms with Gasteiger partial charge in [-0.3, -0.25) is 4.79 Å². The maximum Gasteiger partial charge on any atom is 0.235 e. The van der Waals surface area contributed by atoms with Crippen molar-refractivity contribution in [2.75, 3.05) is 17.7 Å². The molecule has 1 unspecified atom stereocenters. The molecule has 0 saturated carbocycles. The van der Waals surface area contributed by atoms with Crippen molar-refractivity contribution in [2.45, 2.75) is 65.0 Å². The third-order valence-corrected chi connectivity index (χ3v) is 9.09. The molecule has 1 atom stereocenters. The molecule has 0 aliphatic heterocycles. The molecule has 0 fully saturated rings. The molecule has 196 valence electrons. The van der Waals surface area contributed by atoms with Crippen molar-refractivity contribution in [1.29, 1.82) is 5.26 Å². The number of hydrogen-bond acceptors (Lipinski definition) is 7. The van der Waals surface area contributed by atoms with Gasteiger partial charge in [0.2, 0.25) is 5.91 Å². The van der Waals surface area contributed by atoms with Crippen molar-refractivity contribution < 1.29 is 9.53 Å². The minimum atomic E-state index is -0.148. The normalized spacial score (nSPS) is 15.2. The van der Waals surface area contributed by atoms with E-state index in [9.17, 15) is 10.1 Å². The first kappa shape index (κ1) is 27.2. The Hall–Kier alpha value is -2.83. The van der Waals surface area contributed by atoms with Gasteiger partial charge in [-0.2, -0.15) is 5.26 Å². The third-order valence-electron chi connectivity index (χ3n) is 6.90. The van der Waals surface area contributed by atoms with E-state index in [4.69, 9.17) is 4.74 Å². The Kier molecular flexibility index (Phi) is 8.60. The summed E-state index contributed by atoms with van der Waals surface area (Å²) < 4.78 is 7.63. The average molecular weight is 538 g/mol.